The number of esters is 1. The summed E-state index contributed by atoms with van der Waals surface area (Å²) in [7, 11) is -1.26. The third-order valence-corrected chi connectivity index (χ3v) is 5.37. The summed E-state index contributed by atoms with van der Waals surface area (Å²) in [6.07, 6.45) is 1.19. The Hall–Kier alpha value is -2.09. The lowest BCUT2D eigenvalue weighted by atomic mass is 9.66. The van der Waals surface area contributed by atoms with Gasteiger partial charge in [-0.25, -0.2) is 4.79 Å². The molecule has 0 aliphatic carbocycles. The van der Waals surface area contributed by atoms with E-state index in [-0.39, 0.29) is 30.3 Å². The Morgan fingerprint density at radius 1 is 1.41 bits per heavy atom. The van der Waals surface area contributed by atoms with Crippen molar-refractivity contribution in [3.63, 3.8) is 0 Å². The lowest BCUT2D eigenvalue weighted by Crippen LogP contribution is -2.64. The lowest BCUT2D eigenvalue weighted by Gasteiger charge is -2.46. The topological polar surface area (TPSA) is 118 Å². The molecule has 150 valence electrons. The monoisotopic (exact) mass is 395 g/mol. The molecule has 1 aliphatic heterocycles. The highest BCUT2D eigenvalue weighted by Gasteiger charge is 2.50. The molecule has 1 amide bonds. The van der Waals surface area contributed by atoms with E-state index in [4.69, 9.17) is 14.7 Å². The summed E-state index contributed by atoms with van der Waals surface area (Å²) >= 11 is 0. The van der Waals surface area contributed by atoms with Gasteiger partial charge in [-0.05, 0) is 24.4 Å². The van der Waals surface area contributed by atoms with Gasteiger partial charge in [0.25, 0.3) is 5.78 Å². The number of carbonyl (C=O) groups excluding carboxylic acids is 3. The second-order valence-electron chi connectivity index (χ2n) is 7.96. The van der Waals surface area contributed by atoms with Crippen molar-refractivity contribution in [2.75, 3.05) is 13.2 Å². The highest BCUT2D eigenvalue weighted by Crippen LogP contribution is 2.39. The molecule has 1 saturated heterocycles. The lowest BCUT2D eigenvalue weighted by molar-refractivity contribution is -0.144. The fourth-order valence-corrected chi connectivity index (χ4v) is 3.59. The van der Waals surface area contributed by atoms with Gasteiger partial charge in [0.15, 0.2) is 9.04 Å². The molecule has 3 atom stereocenters. The van der Waals surface area contributed by atoms with Crippen molar-refractivity contribution < 1.29 is 28.3 Å². The molecule has 0 bridgehead atoms. The summed E-state index contributed by atoms with van der Waals surface area (Å²) in [6.45, 7) is 13.9. The minimum Gasteiger partial charge on any atom is -0.453 e. The van der Waals surface area contributed by atoms with E-state index in [1.54, 1.807) is 0 Å². The molecule has 1 rings (SSSR count). The number of β-lactam (4-membered cyclic amide) rings is 1. The van der Waals surface area contributed by atoms with Crippen LogP contribution < -0.4 is 5.32 Å². The maximum Gasteiger partial charge on any atom is 0.441 e. The Morgan fingerprint density at radius 3 is 2.48 bits per heavy atom. The van der Waals surface area contributed by atoms with E-state index < -0.39 is 38.5 Å². The van der Waals surface area contributed by atoms with Crippen LogP contribution >= 0.6 is 0 Å². The minimum absolute atomic E-state index is 0.0822. The molecular formula is C18H29N3O5Si. The van der Waals surface area contributed by atoms with Crippen LogP contribution in [-0.2, 0) is 23.5 Å². The quantitative estimate of drug-likeness (QED) is 0.0869. The van der Waals surface area contributed by atoms with E-state index in [1.165, 1.54) is 6.08 Å². The molecule has 1 N–H and O–H groups in total. The molecule has 0 aromatic carbocycles. The van der Waals surface area contributed by atoms with Crippen LogP contribution in [0.25, 0.3) is 5.53 Å². The van der Waals surface area contributed by atoms with Gasteiger partial charge in [0.1, 0.15) is 6.61 Å². The predicted molar refractivity (Wildman–Crippen MR) is 103 cm³/mol. The molecule has 0 aromatic rings. The van der Waals surface area contributed by atoms with Crippen molar-refractivity contribution in [2.24, 2.45) is 17.3 Å². The number of rotatable bonds is 10. The first kappa shape index (κ1) is 22.9. The molecular weight excluding hydrogens is 366 g/mol. The number of hydrogen-bond acceptors (Lipinski definition) is 5. The summed E-state index contributed by atoms with van der Waals surface area (Å²) < 4.78 is 10.6. The molecule has 0 radical (unpaired) electrons. The number of amides is 1. The van der Waals surface area contributed by atoms with Crippen LogP contribution in [0.1, 0.15) is 27.2 Å². The van der Waals surface area contributed by atoms with E-state index >= 15 is 0 Å². The van der Waals surface area contributed by atoms with E-state index in [1.807, 2.05) is 20.8 Å². The maximum absolute atomic E-state index is 12.4. The molecule has 0 unspecified atom stereocenters. The van der Waals surface area contributed by atoms with Crippen LogP contribution in [0.4, 0.5) is 0 Å². The first-order valence-corrected chi connectivity index (χ1v) is 11.8. The third-order valence-electron chi connectivity index (χ3n) is 4.51. The Balaban J connectivity index is 2.88. The summed E-state index contributed by atoms with van der Waals surface area (Å²) in [5.74, 6) is -2.34. The van der Waals surface area contributed by atoms with Crippen molar-refractivity contribution >= 4 is 32.4 Å². The van der Waals surface area contributed by atoms with Crippen molar-refractivity contribution in [1.29, 1.82) is 0 Å². The summed E-state index contributed by atoms with van der Waals surface area (Å²) in [4.78, 5) is 39.2. The van der Waals surface area contributed by atoms with Gasteiger partial charge in [0, 0.05) is 19.1 Å². The van der Waals surface area contributed by atoms with Gasteiger partial charge in [-0.3, -0.25) is 9.59 Å². The van der Waals surface area contributed by atoms with E-state index in [9.17, 15) is 14.4 Å². The maximum atomic E-state index is 12.4. The molecule has 27 heavy (non-hydrogen) atoms. The number of ether oxygens (including phenoxy) is 1. The van der Waals surface area contributed by atoms with Gasteiger partial charge in [0.05, 0.1) is 5.92 Å². The van der Waals surface area contributed by atoms with E-state index in [0.29, 0.717) is 6.61 Å². The van der Waals surface area contributed by atoms with Crippen LogP contribution in [0.3, 0.4) is 0 Å². The van der Waals surface area contributed by atoms with Crippen LogP contribution in [0.5, 0.6) is 0 Å². The third kappa shape index (κ3) is 6.23. The second kappa shape index (κ2) is 9.73. The van der Waals surface area contributed by atoms with Crippen molar-refractivity contribution in [3.05, 3.63) is 18.2 Å². The number of hydrogen-bond donors (Lipinski definition) is 1. The number of carbonyl (C=O) groups is 3. The molecule has 0 aromatic heterocycles. The van der Waals surface area contributed by atoms with Gasteiger partial charge >= 0.3 is 11.7 Å². The van der Waals surface area contributed by atoms with Crippen LogP contribution in [0.15, 0.2) is 12.7 Å². The fraction of sp³-hybridized carbons (Fsp3) is 0.667. The summed E-state index contributed by atoms with van der Waals surface area (Å²) in [6, 6.07) is -0.449. The van der Waals surface area contributed by atoms with Crippen molar-refractivity contribution in [2.45, 2.75) is 46.3 Å². The van der Waals surface area contributed by atoms with Crippen LogP contribution in [-0.4, -0.2) is 56.5 Å². The predicted octanol–water partition coefficient (Wildman–Crippen LogP) is 1.12. The zero-order valence-electron chi connectivity index (χ0n) is 16.7. The number of ketones is 1. The molecule has 0 spiro atoms. The first-order valence-electron chi connectivity index (χ1n) is 8.98. The average Bonchev–Trinajstić information content (AvgIpc) is 2.55. The Labute approximate surface area is 161 Å². The number of Topliss-reactive ketones (excluding diaryl/α,β-unsaturated/α-hetero) is 1. The fourth-order valence-electron chi connectivity index (χ4n) is 2.99. The van der Waals surface area contributed by atoms with Gasteiger partial charge in [0.2, 0.25) is 5.91 Å². The highest BCUT2D eigenvalue weighted by molar-refractivity contribution is 6.62. The molecule has 0 saturated carbocycles. The summed E-state index contributed by atoms with van der Waals surface area (Å²) in [5, 5.41) is 2.72. The van der Waals surface area contributed by atoms with Gasteiger partial charge in [-0.15, -0.1) is 0 Å². The van der Waals surface area contributed by atoms with Gasteiger partial charge in [-0.1, -0.05) is 33.4 Å². The van der Waals surface area contributed by atoms with Crippen molar-refractivity contribution in [1.82, 2.24) is 5.32 Å². The summed E-state index contributed by atoms with van der Waals surface area (Å²) in [5.41, 5.74) is 8.12. The number of nitrogens with one attached hydrogen (secondary N) is 1. The minimum atomic E-state index is -1.26. The molecule has 1 aliphatic rings. The number of nitrogens with zero attached hydrogens (tertiary/aromatic N) is 2. The Morgan fingerprint density at radius 2 is 2.04 bits per heavy atom. The second-order valence-corrected chi connectivity index (χ2v) is 10.4. The molecule has 1 fully saturated rings. The van der Waals surface area contributed by atoms with Crippen LogP contribution in [0, 0.1) is 17.3 Å². The largest absolute Gasteiger partial charge is 0.453 e. The molecule has 9 heteroatoms. The van der Waals surface area contributed by atoms with Crippen molar-refractivity contribution in [3.8, 4) is 0 Å². The average molecular weight is 396 g/mol. The SMILES string of the molecule is C=CCOC(=O)C(=[N+]=[N-])C(=O)C[C@H]1NC(=O)[C@H]1[C@@H](CO[SiH](C)C)C(C)(C)C. The first-order chi connectivity index (χ1) is 12.5. The van der Waals surface area contributed by atoms with Gasteiger partial charge < -0.3 is 20.0 Å². The normalized spacial score (nSPS) is 20.1. The van der Waals surface area contributed by atoms with E-state index in [0.717, 1.165) is 0 Å². The molecule has 1 heterocycles. The highest BCUT2D eigenvalue weighted by atomic mass is 28.3. The zero-order chi connectivity index (χ0) is 20.8. The zero-order valence-corrected chi connectivity index (χ0v) is 17.8. The van der Waals surface area contributed by atoms with Crippen LogP contribution in [0.2, 0.25) is 13.1 Å². The molecule has 8 nitrogen and oxygen atoms in total. The smallest absolute Gasteiger partial charge is 0.441 e. The standard InChI is InChI=1S/C18H29N3O5Si/c1-7-8-25-17(24)15(21-19)13(22)9-12-14(16(23)20-12)11(18(2,3)4)10-26-27(5)6/h7,11-12,14,27H,1,8-10H2,2-6H3,(H,20,23)/t11-,12-,14+/m1/s1. The van der Waals surface area contributed by atoms with Gasteiger partial charge in [-0.2, -0.15) is 4.79 Å². The Bertz CT molecular complexity index is 650. The van der Waals surface area contributed by atoms with E-state index in [2.05, 4.69) is 29.8 Å². The Kier molecular flexibility index (Phi) is 8.27.